The van der Waals surface area contributed by atoms with Gasteiger partial charge < -0.3 is 10.4 Å². The summed E-state index contributed by atoms with van der Waals surface area (Å²) in [5, 5.41) is 13.8. The molecule has 7 nitrogen and oxygen atoms in total. The molecule has 0 atom stereocenters. The third-order valence-corrected chi connectivity index (χ3v) is 3.72. The summed E-state index contributed by atoms with van der Waals surface area (Å²) in [6, 6.07) is 4.35. The Kier molecular flexibility index (Phi) is 5.56. The predicted molar refractivity (Wildman–Crippen MR) is 91.1 cm³/mol. The Bertz CT molecular complexity index is 795. The molecule has 0 radical (unpaired) electrons. The Morgan fingerprint density at radius 3 is 2.60 bits per heavy atom. The van der Waals surface area contributed by atoms with E-state index in [4.69, 9.17) is 16.4 Å². The zero-order valence-corrected chi connectivity index (χ0v) is 14.9. The van der Waals surface area contributed by atoms with Crippen molar-refractivity contribution in [2.24, 2.45) is 0 Å². The molecule has 0 fully saturated rings. The number of rotatable bonds is 5. The number of nitrogens with zero attached hydrogens (tertiary/aromatic N) is 3. The van der Waals surface area contributed by atoms with Gasteiger partial charge in [-0.05, 0) is 26.0 Å². The summed E-state index contributed by atoms with van der Waals surface area (Å²) in [7, 11) is 2.80. The maximum absolute atomic E-state index is 14.0. The fourth-order valence-corrected chi connectivity index (χ4v) is 2.23. The highest BCUT2D eigenvalue weighted by Crippen LogP contribution is 2.25. The SMILES string of the molecule is CON(C)C(=O)c1cnc(Nc2ccc(C(C)(C)O)c(F)n2)cc1Cl. The van der Waals surface area contributed by atoms with E-state index in [1.165, 1.54) is 52.4 Å². The van der Waals surface area contributed by atoms with Crippen LogP contribution < -0.4 is 5.32 Å². The molecular weight excluding hydrogens is 351 g/mol. The maximum atomic E-state index is 14.0. The zero-order chi connectivity index (χ0) is 18.8. The first-order chi connectivity index (χ1) is 11.6. The number of aromatic nitrogens is 2. The molecule has 2 rings (SSSR count). The van der Waals surface area contributed by atoms with Gasteiger partial charge in [0.05, 0.1) is 23.3 Å². The smallest absolute Gasteiger partial charge is 0.280 e. The van der Waals surface area contributed by atoms with Crippen LogP contribution in [0.4, 0.5) is 16.0 Å². The lowest BCUT2D eigenvalue weighted by Gasteiger charge is -2.18. The molecule has 0 aliphatic rings. The van der Waals surface area contributed by atoms with Crippen LogP contribution >= 0.6 is 11.6 Å². The summed E-state index contributed by atoms with van der Waals surface area (Å²) < 4.78 is 14.0. The zero-order valence-electron chi connectivity index (χ0n) is 14.2. The molecule has 0 bridgehead atoms. The summed E-state index contributed by atoms with van der Waals surface area (Å²) in [5.74, 6) is -0.783. The number of nitrogens with one attached hydrogen (secondary N) is 1. The van der Waals surface area contributed by atoms with Crippen molar-refractivity contribution in [2.45, 2.75) is 19.4 Å². The first-order valence-electron chi connectivity index (χ1n) is 7.27. The maximum Gasteiger partial charge on any atom is 0.280 e. The van der Waals surface area contributed by atoms with Crippen molar-refractivity contribution in [1.29, 1.82) is 0 Å². The van der Waals surface area contributed by atoms with Gasteiger partial charge in [0, 0.05) is 24.9 Å². The van der Waals surface area contributed by atoms with Gasteiger partial charge in [-0.15, -0.1) is 0 Å². The minimum absolute atomic E-state index is 0.0765. The van der Waals surface area contributed by atoms with E-state index in [-0.39, 0.29) is 27.8 Å². The number of halogens is 2. The standard InChI is InChI=1S/C16H18ClFN4O3/c1-16(2,24)10-5-6-12(21-14(10)18)20-13-7-11(17)9(8-19-13)15(23)22(3)25-4/h5-8,24H,1-4H3,(H,19,20,21). The van der Waals surface area contributed by atoms with Gasteiger partial charge in [0.1, 0.15) is 11.6 Å². The molecule has 2 heterocycles. The van der Waals surface area contributed by atoms with E-state index in [9.17, 15) is 14.3 Å². The second-order valence-electron chi connectivity index (χ2n) is 5.75. The Balaban J connectivity index is 2.23. The van der Waals surface area contributed by atoms with Gasteiger partial charge in [-0.2, -0.15) is 4.39 Å². The van der Waals surface area contributed by atoms with Gasteiger partial charge in [-0.25, -0.2) is 15.0 Å². The highest BCUT2D eigenvalue weighted by Gasteiger charge is 2.22. The van der Waals surface area contributed by atoms with Crippen molar-refractivity contribution in [1.82, 2.24) is 15.0 Å². The lowest BCUT2D eigenvalue weighted by Crippen LogP contribution is -2.25. The fourth-order valence-electron chi connectivity index (χ4n) is 2.00. The number of amides is 1. The van der Waals surface area contributed by atoms with Crippen molar-refractivity contribution in [3.63, 3.8) is 0 Å². The number of pyridine rings is 2. The molecule has 1 amide bonds. The van der Waals surface area contributed by atoms with Crippen LogP contribution in [0.15, 0.2) is 24.4 Å². The molecule has 0 aromatic carbocycles. The van der Waals surface area contributed by atoms with Gasteiger partial charge in [0.2, 0.25) is 5.95 Å². The van der Waals surface area contributed by atoms with Crippen LogP contribution in [0.25, 0.3) is 0 Å². The van der Waals surface area contributed by atoms with E-state index in [1.807, 2.05) is 0 Å². The van der Waals surface area contributed by atoms with Crippen molar-refractivity contribution in [3.8, 4) is 0 Å². The Labute approximate surface area is 149 Å². The number of carbonyl (C=O) groups is 1. The first kappa shape index (κ1) is 19.0. The number of carbonyl (C=O) groups excluding carboxylic acids is 1. The van der Waals surface area contributed by atoms with E-state index in [1.54, 1.807) is 0 Å². The van der Waals surface area contributed by atoms with E-state index in [0.29, 0.717) is 0 Å². The molecule has 0 saturated heterocycles. The molecule has 25 heavy (non-hydrogen) atoms. The van der Waals surface area contributed by atoms with E-state index >= 15 is 0 Å². The van der Waals surface area contributed by atoms with Crippen molar-refractivity contribution < 1.29 is 19.1 Å². The second kappa shape index (κ2) is 7.30. The fraction of sp³-hybridized carbons (Fsp3) is 0.312. The molecule has 9 heteroatoms. The van der Waals surface area contributed by atoms with Gasteiger partial charge in [-0.1, -0.05) is 11.6 Å². The number of hydroxylamine groups is 2. The summed E-state index contributed by atoms with van der Waals surface area (Å²) in [6.07, 6.45) is 1.28. The third kappa shape index (κ3) is 4.41. The molecule has 134 valence electrons. The largest absolute Gasteiger partial charge is 0.386 e. The molecule has 2 N–H and O–H groups in total. The minimum Gasteiger partial charge on any atom is -0.386 e. The van der Waals surface area contributed by atoms with Crippen LogP contribution in [0.2, 0.25) is 5.02 Å². The van der Waals surface area contributed by atoms with Crippen LogP contribution in [0.5, 0.6) is 0 Å². The average Bonchev–Trinajstić information content (AvgIpc) is 2.52. The number of aliphatic hydroxyl groups is 1. The molecule has 2 aromatic rings. The molecular formula is C16H18ClFN4O3. The van der Waals surface area contributed by atoms with Crippen LogP contribution in [0, 0.1) is 5.95 Å². The van der Waals surface area contributed by atoms with Crippen LogP contribution in [-0.2, 0) is 10.4 Å². The Morgan fingerprint density at radius 2 is 2.08 bits per heavy atom. The monoisotopic (exact) mass is 368 g/mol. The van der Waals surface area contributed by atoms with Crippen molar-refractivity contribution in [3.05, 3.63) is 46.5 Å². The van der Waals surface area contributed by atoms with Gasteiger partial charge in [0.15, 0.2) is 0 Å². The number of hydrogen-bond donors (Lipinski definition) is 2. The minimum atomic E-state index is -1.34. The average molecular weight is 369 g/mol. The quantitative estimate of drug-likeness (QED) is 0.623. The Hall–Kier alpha value is -2.29. The summed E-state index contributed by atoms with van der Waals surface area (Å²) in [6.45, 7) is 2.93. The molecule has 2 aromatic heterocycles. The third-order valence-electron chi connectivity index (χ3n) is 3.41. The van der Waals surface area contributed by atoms with E-state index in [0.717, 1.165) is 5.06 Å². The van der Waals surface area contributed by atoms with E-state index in [2.05, 4.69) is 15.3 Å². The normalized spacial score (nSPS) is 11.3. The molecule has 0 aliphatic heterocycles. The molecule has 0 unspecified atom stereocenters. The van der Waals surface area contributed by atoms with Crippen molar-refractivity contribution >= 4 is 29.1 Å². The van der Waals surface area contributed by atoms with Gasteiger partial charge in [0.25, 0.3) is 5.91 Å². The molecule has 0 aliphatic carbocycles. The van der Waals surface area contributed by atoms with Crippen LogP contribution in [0.3, 0.4) is 0 Å². The second-order valence-corrected chi connectivity index (χ2v) is 6.16. The lowest BCUT2D eigenvalue weighted by atomic mass is 10.0. The van der Waals surface area contributed by atoms with Gasteiger partial charge in [-0.3, -0.25) is 9.63 Å². The number of hydrogen-bond acceptors (Lipinski definition) is 6. The summed E-state index contributed by atoms with van der Waals surface area (Å²) >= 11 is 6.10. The van der Waals surface area contributed by atoms with Crippen LogP contribution in [-0.4, -0.2) is 40.2 Å². The highest BCUT2D eigenvalue weighted by atomic mass is 35.5. The lowest BCUT2D eigenvalue weighted by molar-refractivity contribution is -0.0757. The van der Waals surface area contributed by atoms with E-state index < -0.39 is 17.5 Å². The first-order valence-corrected chi connectivity index (χ1v) is 7.65. The van der Waals surface area contributed by atoms with Crippen LogP contribution in [0.1, 0.15) is 29.8 Å². The predicted octanol–water partition coefficient (Wildman–Crippen LogP) is 2.87. The Morgan fingerprint density at radius 1 is 1.40 bits per heavy atom. The molecule has 0 saturated carbocycles. The highest BCUT2D eigenvalue weighted by molar-refractivity contribution is 6.34. The summed E-state index contributed by atoms with van der Waals surface area (Å²) in [4.78, 5) is 24.6. The molecule has 0 spiro atoms. The summed E-state index contributed by atoms with van der Waals surface area (Å²) in [5.41, 5.74) is -1.10. The van der Waals surface area contributed by atoms with Gasteiger partial charge >= 0.3 is 0 Å². The topological polar surface area (TPSA) is 87.6 Å². The number of anilines is 2. The van der Waals surface area contributed by atoms with Crippen molar-refractivity contribution in [2.75, 3.05) is 19.5 Å².